The van der Waals surface area contributed by atoms with Crippen molar-refractivity contribution in [2.75, 3.05) is 17.3 Å². The molecule has 2 amide bonds. The summed E-state index contributed by atoms with van der Waals surface area (Å²) in [4.78, 5) is 26.8. The van der Waals surface area contributed by atoms with Gasteiger partial charge in [0.25, 0.3) is 11.8 Å². The fraction of sp³-hybridized carbons (Fsp3) is 0.200. The summed E-state index contributed by atoms with van der Waals surface area (Å²) < 4.78 is 5.88. The van der Waals surface area contributed by atoms with E-state index in [1.54, 1.807) is 43.1 Å². The van der Waals surface area contributed by atoms with Crippen LogP contribution in [0.2, 0.25) is 0 Å². The number of nitrogens with zero attached hydrogens (tertiary/aromatic N) is 1. The Morgan fingerprint density at radius 3 is 2.07 bits per heavy atom. The minimum Gasteiger partial charge on any atom is -0.480 e. The van der Waals surface area contributed by atoms with Gasteiger partial charge in [0.1, 0.15) is 5.75 Å². The van der Waals surface area contributed by atoms with Crippen molar-refractivity contribution in [3.63, 3.8) is 0 Å². The molecule has 0 aliphatic heterocycles. The lowest BCUT2D eigenvalue weighted by molar-refractivity contribution is -0.122. The lowest BCUT2D eigenvalue weighted by Gasteiger charge is -2.19. The SMILES string of the molecule is Cc1cccc(C)c1OC(C)C(=O)Nc1ccc(C(=O)N(C)c2ccccc2)cc1. The molecule has 0 saturated carbocycles. The van der Waals surface area contributed by atoms with Crippen LogP contribution in [0, 0.1) is 13.8 Å². The van der Waals surface area contributed by atoms with Crippen molar-refractivity contribution >= 4 is 23.2 Å². The summed E-state index contributed by atoms with van der Waals surface area (Å²) in [5.41, 5.74) is 3.94. The topological polar surface area (TPSA) is 58.6 Å². The van der Waals surface area contributed by atoms with Crippen molar-refractivity contribution in [1.82, 2.24) is 0 Å². The molecule has 0 aromatic heterocycles. The van der Waals surface area contributed by atoms with Crippen LogP contribution >= 0.6 is 0 Å². The predicted molar refractivity (Wildman–Crippen MR) is 120 cm³/mol. The zero-order valence-corrected chi connectivity index (χ0v) is 17.7. The van der Waals surface area contributed by atoms with Gasteiger partial charge in [-0.15, -0.1) is 0 Å². The predicted octanol–water partition coefficient (Wildman–Crippen LogP) is 4.99. The van der Waals surface area contributed by atoms with E-state index in [9.17, 15) is 9.59 Å². The maximum Gasteiger partial charge on any atom is 0.265 e. The largest absolute Gasteiger partial charge is 0.480 e. The van der Waals surface area contributed by atoms with E-state index in [1.807, 2.05) is 62.4 Å². The van der Waals surface area contributed by atoms with E-state index in [2.05, 4.69) is 5.32 Å². The molecule has 0 fully saturated rings. The van der Waals surface area contributed by atoms with Crippen LogP contribution in [-0.4, -0.2) is 25.0 Å². The number of anilines is 2. The molecule has 5 nitrogen and oxygen atoms in total. The van der Waals surface area contributed by atoms with Crippen LogP contribution in [0.25, 0.3) is 0 Å². The lowest BCUT2D eigenvalue weighted by atomic mass is 10.1. The van der Waals surface area contributed by atoms with Crippen LogP contribution in [0.15, 0.2) is 72.8 Å². The number of benzene rings is 3. The van der Waals surface area contributed by atoms with Crippen molar-refractivity contribution in [2.24, 2.45) is 0 Å². The molecular weight excluding hydrogens is 376 g/mol. The summed E-state index contributed by atoms with van der Waals surface area (Å²) in [6.45, 7) is 5.62. The number of amides is 2. The van der Waals surface area contributed by atoms with Gasteiger partial charge >= 0.3 is 0 Å². The Balaban J connectivity index is 1.63. The van der Waals surface area contributed by atoms with Crippen LogP contribution in [0.5, 0.6) is 5.75 Å². The second-order valence-electron chi connectivity index (χ2n) is 7.25. The Morgan fingerprint density at radius 2 is 1.47 bits per heavy atom. The molecule has 3 aromatic carbocycles. The first kappa shape index (κ1) is 21.1. The number of hydrogen-bond acceptors (Lipinski definition) is 3. The van der Waals surface area contributed by atoms with Gasteiger partial charge in [0.05, 0.1) is 0 Å². The van der Waals surface area contributed by atoms with Gasteiger partial charge in [-0.3, -0.25) is 9.59 Å². The number of rotatable bonds is 6. The summed E-state index contributed by atoms with van der Waals surface area (Å²) in [5.74, 6) is 0.356. The molecule has 0 radical (unpaired) electrons. The highest BCUT2D eigenvalue weighted by Gasteiger charge is 2.18. The molecule has 0 aliphatic carbocycles. The number of aryl methyl sites for hydroxylation is 2. The van der Waals surface area contributed by atoms with Crippen LogP contribution < -0.4 is 15.0 Å². The Kier molecular flexibility index (Phi) is 6.52. The second kappa shape index (κ2) is 9.27. The number of carbonyl (C=O) groups excluding carboxylic acids is 2. The third kappa shape index (κ3) is 4.87. The van der Waals surface area contributed by atoms with Gasteiger partial charge in [-0.2, -0.15) is 0 Å². The maximum atomic E-state index is 12.7. The molecule has 3 aromatic rings. The fourth-order valence-corrected chi connectivity index (χ4v) is 3.12. The zero-order valence-electron chi connectivity index (χ0n) is 17.7. The van der Waals surface area contributed by atoms with Crippen molar-refractivity contribution in [3.05, 3.63) is 89.5 Å². The van der Waals surface area contributed by atoms with Crippen LogP contribution in [-0.2, 0) is 4.79 Å². The molecule has 0 bridgehead atoms. The van der Waals surface area contributed by atoms with Gasteiger partial charge in [-0.05, 0) is 68.3 Å². The first-order chi connectivity index (χ1) is 14.4. The molecule has 1 unspecified atom stereocenters. The van der Waals surface area contributed by atoms with Crippen molar-refractivity contribution in [3.8, 4) is 5.75 Å². The van der Waals surface area contributed by atoms with E-state index in [0.717, 1.165) is 22.6 Å². The number of hydrogen-bond donors (Lipinski definition) is 1. The number of para-hydroxylation sites is 2. The quantitative estimate of drug-likeness (QED) is 0.632. The molecule has 0 spiro atoms. The molecule has 5 heteroatoms. The number of ether oxygens (including phenoxy) is 1. The van der Waals surface area contributed by atoms with Crippen molar-refractivity contribution in [2.45, 2.75) is 26.9 Å². The van der Waals surface area contributed by atoms with Gasteiger partial charge in [0.15, 0.2) is 6.10 Å². The van der Waals surface area contributed by atoms with Crippen molar-refractivity contribution in [1.29, 1.82) is 0 Å². The first-order valence-corrected chi connectivity index (χ1v) is 9.83. The number of nitrogens with one attached hydrogen (secondary N) is 1. The Hall–Kier alpha value is -3.60. The highest BCUT2D eigenvalue weighted by atomic mass is 16.5. The fourth-order valence-electron chi connectivity index (χ4n) is 3.12. The summed E-state index contributed by atoms with van der Waals surface area (Å²) in [7, 11) is 1.74. The zero-order chi connectivity index (χ0) is 21.7. The molecule has 154 valence electrons. The second-order valence-corrected chi connectivity index (χ2v) is 7.25. The Bertz CT molecular complexity index is 1010. The summed E-state index contributed by atoms with van der Waals surface area (Å²) in [5, 5.41) is 2.84. The van der Waals surface area contributed by atoms with E-state index in [-0.39, 0.29) is 11.8 Å². The smallest absolute Gasteiger partial charge is 0.265 e. The minimum absolute atomic E-state index is 0.120. The molecule has 3 rings (SSSR count). The normalized spacial score (nSPS) is 11.5. The summed E-state index contributed by atoms with van der Waals surface area (Å²) >= 11 is 0. The molecule has 1 atom stereocenters. The monoisotopic (exact) mass is 402 g/mol. The van der Waals surface area contributed by atoms with E-state index < -0.39 is 6.10 Å². The van der Waals surface area contributed by atoms with E-state index in [0.29, 0.717) is 11.3 Å². The van der Waals surface area contributed by atoms with Crippen LogP contribution in [0.3, 0.4) is 0 Å². The average molecular weight is 402 g/mol. The first-order valence-electron chi connectivity index (χ1n) is 9.83. The van der Waals surface area contributed by atoms with Gasteiger partial charge < -0.3 is 15.0 Å². The summed E-state index contributed by atoms with van der Waals surface area (Å²) in [6.07, 6.45) is -0.657. The van der Waals surface area contributed by atoms with Gasteiger partial charge in [0, 0.05) is 24.0 Å². The molecule has 1 N–H and O–H groups in total. The Morgan fingerprint density at radius 1 is 0.867 bits per heavy atom. The highest BCUT2D eigenvalue weighted by molar-refractivity contribution is 6.06. The molecule has 0 aliphatic rings. The third-order valence-corrected chi connectivity index (χ3v) is 4.92. The third-order valence-electron chi connectivity index (χ3n) is 4.92. The summed E-state index contributed by atoms with van der Waals surface area (Å²) in [6, 6.07) is 22.1. The van der Waals surface area contributed by atoms with Gasteiger partial charge in [-0.1, -0.05) is 36.4 Å². The van der Waals surface area contributed by atoms with Gasteiger partial charge in [0.2, 0.25) is 0 Å². The molecule has 0 saturated heterocycles. The average Bonchev–Trinajstić information content (AvgIpc) is 2.76. The number of carbonyl (C=O) groups is 2. The van der Waals surface area contributed by atoms with Crippen LogP contribution in [0.1, 0.15) is 28.4 Å². The van der Waals surface area contributed by atoms with Crippen LogP contribution in [0.4, 0.5) is 11.4 Å². The van der Waals surface area contributed by atoms with E-state index in [4.69, 9.17) is 4.74 Å². The lowest BCUT2D eigenvalue weighted by Crippen LogP contribution is -2.30. The van der Waals surface area contributed by atoms with Gasteiger partial charge in [-0.25, -0.2) is 0 Å². The molecule has 0 heterocycles. The molecule has 30 heavy (non-hydrogen) atoms. The molecular formula is C25H26N2O3. The minimum atomic E-state index is -0.657. The Labute approximate surface area is 177 Å². The highest BCUT2D eigenvalue weighted by Crippen LogP contribution is 2.24. The standard InChI is InChI=1S/C25H26N2O3/c1-17-9-8-10-18(2)23(17)30-19(3)24(28)26-21-15-13-20(14-16-21)25(29)27(4)22-11-6-5-7-12-22/h5-16,19H,1-4H3,(H,26,28). The maximum absolute atomic E-state index is 12.7. The van der Waals surface area contributed by atoms with E-state index in [1.165, 1.54) is 0 Å². The van der Waals surface area contributed by atoms with E-state index >= 15 is 0 Å². The van der Waals surface area contributed by atoms with Crippen molar-refractivity contribution < 1.29 is 14.3 Å².